The van der Waals surface area contributed by atoms with E-state index in [2.05, 4.69) is 6.07 Å². The molecule has 1 aliphatic rings. The SMILES string of the molecule is N#CC[C@H](Cn1cccc1C(=O)O)OC1CCCCO1. The first-order chi connectivity index (χ1) is 9.70. The third-order valence-electron chi connectivity index (χ3n) is 3.25. The molecule has 0 saturated carbocycles. The quantitative estimate of drug-likeness (QED) is 0.860. The zero-order chi connectivity index (χ0) is 14.4. The summed E-state index contributed by atoms with van der Waals surface area (Å²) in [6, 6.07) is 5.28. The first kappa shape index (κ1) is 14.6. The number of aromatic nitrogens is 1. The number of nitrogens with zero attached hydrogens (tertiary/aromatic N) is 2. The second-order valence-corrected chi connectivity index (χ2v) is 4.77. The highest BCUT2D eigenvalue weighted by molar-refractivity contribution is 5.85. The fourth-order valence-electron chi connectivity index (χ4n) is 2.28. The predicted octanol–water partition coefficient (Wildman–Crippen LogP) is 2.01. The lowest BCUT2D eigenvalue weighted by molar-refractivity contribution is -0.189. The zero-order valence-electron chi connectivity index (χ0n) is 11.2. The van der Waals surface area contributed by atoms with Crippen molar-refractivity contribution >= 4 is 5.97 Å². The van der Waals surface area contributed by atoms with Crippen LogP contribution in [0.1, 0.15) is 36.2 Å². The molecule has 0 bridgehead atoms. The molecule has 6 heteroatoms. The highest BCUT2D eigenvalue weighted by Gasteiger charge is 2.21. The van der Waals surface area contributed by atoms with Gasteiger partial charge < -0.3 is 19.1 Å². The number of aromatic carboxylic acids is 1. The number of rotatable bonds is 6. The van der Waals surface area contributed by atoms with Crippen LogP contribution < -0.4 is 0 Å². The number of carboxylic acid groups (broad SMARTS) is 1. The van der Waals surface area contributed by atoms with Crippen molar-refractivity contribution in [2.75, 3.05) is 6.61 Å². The number of hydrogen-bond donors (Lipinski definition) is 1. The van der Waals surface area contributed by atoms with Gasteiger partial charge in [0.15, 0.2) is 6.29 Å². The minimum Gasteiger partial charge on any atom is -0.477 e. The van der Waals surface area contributed by atoms with Gasteiger partial charge in [-0.15, -0.1) is 0 Å². The van der Waals surface area contributed by atoms with Gasteiger partial charge >= 0.3 is 5.97 Å². The maximum Gasteiger partial charge on any atom is 0.352 e. The zero-order valence-corrected chi connectivity index (χ0v) is 11.2. The average Bonchev–Trinajstić information content (AvgIpc) is 2.88. The van der Waals surface area contributed by atoms with Crippen LogP contribution in [0.3, 0.4) is 0 Å². The summed E-state index contributed by atoms with van der Waals surface area (Å²) >= 11 is 0. The molecule has 2 rings (SSSR count). The van der Waals surface area contributed by atoms with Crippen LogP contribution in [0, 0.1) is 11.3 Å². The first-order valence-corrected chi connectivity index (χ1v) is 6.73. The largest absolute Gasteiger partial charge is 0.477 e. The summed E-state index contributed by atoms with van der Waals surface area (Å²) in [6.45, 7) is 1.01. The van der Waals surface area contributed by atoms with Crippen LogP contribution in [0.5, 0.6) is 0 Å². The van der Waals surface area contributed by atoms with Crippen molar-refractivity contribution in [3.8, 4) is 6.07 Å². The van der Waals surface area contributed by atoms with Gasteiger partial charge in [-0.25, -0.2) is 4.79 Å². The van der Waals surface area contributed by atoms with Crippen molar-refractivity contribution in [2.45, 2.75) is 44.6 Å². The lowest BCUT2D eigenvalue weighted by Crippen LogP contribution is -2.31. The monoisotopic (exact) mass is 278 g/mol. The molecule has 108 valence electrons. The topological polar surface area (TPSA) is 84.5 Å². The van der Waals surface area contributed by atoms with Crippen molar-refractivity contribution in [3.05, 3.63) is 24.0 Å². The molecule has 1 aromatic rings. The van der Waals surface area contributed by atoms with E-state index in [-0.39, 0.29) is 24.5 Å². The molecule has 0 spiro atoms. The molecule has 1 fully saturated rings. The maximum atomic E-state index is 11.1. The third-order valence-corrected chi connectivity index (χ3v) is 3.25. The Labute approximate surface area is 117 Å². The Kier molecular flexibility index (Phi) is 5.16. The van der Waals surface area contributed by atoms with Gasteiger partial charge in [-0.05, 0) is 31.4 Å². The molecule has 20 heavy (non-hydrogen) atoms. The Bertz CT molecular complexity index is 486. The Balaban J connectivity index is 1.99. The van der Waals surface area contributed by atoms with E-state index in [9.17, 15) is 4.79 Å². The van der Waals surface area contributed by atoms with E-state index in [1.807, 2.05) is 0 Å². The molecule has 1 saturated heterocycles. The Morgan fingerprint density at radius 3 is 3.15 bits per heavy atom. The van der Waals surface area contributed by atoms with Gasteiger partial charge in [0.2, 0.25) is 0 Å². The molecular formula is C14H18N2O4. The second kappa shape index (κ2) is 7.08. The molecule has 1 aromatic heterocycles. The number of carboxylic acids is 1. The van der Waals surface area contributed by atoms with Crippen molar-refractivity contribution in [1.82, 2.24) is 4.57 Å². The standard InChI is InChI=1S/C14H18N2O4/c15-7-6-11(20-13-5-1-2-9-19-13)10-16-8-3-4-12(16)14(17)18/h3-4,8,11,13H,1-2,5-6,9-10H2,(H,17,18)/t11-,13?/m1/s1. The summed E-state index contributed by atoms with van der Waals surface area (Å²) in [5.41, 5.74) is 0.195. The van der Waals surface area contributed by atoms with Crippen LogP contribution in [0.2, 0.25) is 0 Å². The molecule has 0 radical (unpaired) electrons. The summed E-state index contributed by atoms with van der Waals surface area (Å²) in [6.07, 6.45) is 4.13. The molecule has 1 unspecified atom stereocenters. The van der Waals surface area contributed by atoms with Gasteiger partial charge in [-0.2, -0.15) is 5.26 Å². The van der Waals surface area contributed by atoms with Crippen molar-refractivity contribution < 1.29 is 19.4 Å². The number of carbonyl (C=O) groups is 1. The molecule has 2 heterocycles. The van der Waals surface area contributed by atoms with E-state index >= 15 is 0 Å². The lowest BCUT2D eigenvalue weighted by atomic mass is 10.2. The molecular weight excluding hydrogens is 260 g/mol. The minimum atomic E-state index is -0.986. The third kappa shape index (κ3) is 3.83. The normalized spacial score (nSPS) is 20.2. The van der Waals surface area contributed by atoms with Crippen LogP contribution >= 0.6 is 0 Å². The molecule has 0 amide bonds. The Hall–Kier alpha value is -1.84. The van der Waals surface area contributed by atoms with E-state index in [0.717, 1.165) is 19.3 Å². The van der Waals surface area contributed by atoms with Gasteiger partial charge in [0.05, 0.1) is 25.1 Å². The van der Waals surface area contributed by atoms with Gasteiger partial charge in [0, 0.05) is 12.8 Å². The van der Waals surface area contributed by atoms with Gasteiger partial charge in [-0.3, -0.25) is 0 Å². The van der Waals surface area contributed by atoms with Crippen LogP contribution in [-0.2, 0) is 16.0 Å². The van der Waals surface area contributed by atoms with E-state index in [1.54, 1.807) is 16.8 Å². The highest BCUT2D eigenvalue weighted by atomic mass is 16.7. The van der Waals surface area contributed by atoms with E-state index < -0.39 is 5.97 Å². The maximum absolute atomic E-state index is 11.1. The number of hydrogen-bond acceptors (Lipinski definition) is 4. The predicted molar refractivity (Wildman–Crippen MR) is 70.1 cm³/mol. The van der Waals surface area contributed by atoms with Gasteiger partial charge in [-0.1, -0.05) is 0 Å². The van der Waals surface area contributed by atoms with E-state index in [4.69, 9.17) is 19.8 Å². The van der Waals surface area contributed by atoms with Crippen molar-refractivity contribution in [3.63, 3.8) is 0 Å². The van der Waals surface area contributed by atoms with Crippen molar-refractivity contribution in [1.29, 1.82) is 5.26 Å². The summed E-state index contributed by atoms with van der Waals surface area (Å²) in [5, 5.41) is 17.9. The Morgan fingerprint density at radius 1 is 1.65 bits per heavy atom. The number of nitriles is 1. The van der Waals surface area contributed by atoms with E-state index in [1.165, 1.54) is 6.07 Å². The van der Waals surface area contributed by atoms with Crippen LogP contribution in [0.4, 0.5) is 0 Å². The summed E-state index contributed by atoms with van der Waals surface area (Å²) in [5.74, 6) is -0.986. The fraction of sp³-hybridized carbons (Fsp3) is 0.571. The first-order valence-electron chi connectivity index (χ1n) is 6.73. The summed E-state index contributed by atoms with van der Waals surface area (Å²) in [7, 11) is 0. The molecule has 0 aliphatic carbocycles. The number of ether oxygens (including phenoxy) is 2. The van der Waals surface area contributed by atoms with E-state index in [0.29, 0.717) is 13.2 Å². The highest BCUT2D eigenvalue weighted by Crippen LogP contribution is 2.18. The fourth-order valence-corrected chi connectivity index (χ4v) is 2.28. The van der Waals surface area contributed by atoms with Gasteiger partial charge in [0.1, 0.15) is 5.69 Å². The lowest BCUT2D eigenvalue weighted by Gasteiger charge is -2.27. The van der Waals surface area contributed by atoms with Crippen LogP contribution in [0.15, 0.2) is 18.3 Å². The molecule has 1 aliphatic heterocycles. The summed E-state index contributed by atoms with van der Waals surface area (Å²) < 4.78 is 12.9. The molecule has 1 N–H and O–H groups in total. The molecule has 0 aromatic carbocycles. The second-order valence-electron chi connectivity index (χ2n) is 4.77. The average molecular weight is 278 g/mol. The van der Waals surface area contributed by atoms with Crippen molar-refractivity contribution in [2.24, 2.45) is 0 Å². The van der Waals surface area contributed by atoms with Crippen LogP contribution in [-0.4, -0.2) is 34.6 Å². The van der Waals surface area contributed by atoms with Gasteiger partial charge in [0.25, 0.3) is 0 Å². The molecule has 2 atom stereocenters. The summed E-state index contributed by atoms with van der Waals surface area (Å²) in [4.78, 5) is 11.1. The Morgan fingerprint density at radius 2 is 2.50 bits per heavy atom. The smallest absolute Gasteiger partial charge is 0.352 e. The van der Waals surface area contributed by atoms with Crippen LogP contribution in [0.25, 0.3) is 0 Å². The minimum absolute atomic E-state index is 0.195. The molecule has 6 nitrogen and oxygen atoms in total.